The van der Waals surface area contributed by atoms with Gasteiger partial charge in [0.25, 0.3) is 5.56 Å². The molecule has 0 aliphatic rings. The molecule has 0 radical (unpaired) electrons. The van der Waals surface area contributed by atoms with Crippen molar-refractivity contribution in [2.45, 2.75) is 25.5 Å². The van der Waals surface area contributed by atoms with E-state index in [0.717, 1.165) is 10.0 Å². The van der Waals surface area contributed by atoms with E-state index in [0.29, 0.717) is 33.3 Å². The van der Waals surface area contributed by atoms with Crippen LogP contribution in [0.2, 0.25) is 5.02 Å². The zero-order chi connectivity index (χ0) is 19.6. The van der Waals surface area contributed by atoms with Gasteiger partial charge in [-0.2, -0.15) is 0 Å². The minimum Gasteiger partial charge on any atom is -0.325 e. The number of nitrogens with zero attached hydrogens (tertiary/aromatic N) is 2. The number of carbonyl (C=O) groups is 1. The summed E-state index contributed by atoms with van der Waals surface area (Å²) in [7, 11) is 0. The van der Waals surface area contributed by atoms with Gasteiger partial charge in [-0.1, -0.05) is 45.4 Å². The molecule has 5 nitrogen and oxygen atoms in total. The van der Waals surface area contributed by atoms with E-state index < -0.39 is 0 Å². The number of carbonyl (C=O) groups excluding carboxylic acids is 1. The molecule has 1 aromatic heterocycles. The van der Waals surface area contributed by atoms with E-state index in [1.54, 1.807) is 34.9 Å². The van der Waals surface area contributed by atoms with Crippen molar-refractivity contribution in [2.24, 2.45) is 0 Å². The van der Waals surface area contributed by atoms with Gasteiger partial charge in [0.1, 0.15) is 0 Å². The van der Waals surface area contributed by atoms with Crippen molar-refractivity contribution in [1.82, 2.24) is 9.55 Å². The van der Waals surface area contributed by atoms with Crippen LogP contribution in [0.3, 0.4) is 0 Å². The first-order chi connectivity index (χ1) is 12.9. The van der Waals surface area contributed by atoms with E-state index in [2.05, 4.69) is 26.2 Å². The molecule has 140 valence electrons. The summed E-state index contributed by atoms with van der Waals surface area (Å²) in [5.74, 6) is -0.0429. The Balaban J connectivity index is 1.82. The second-order valence-corrected chi connectivity index (χ2v) is 8.12. The number of rotatable bonds is 5. The van der Waals surface area contributed by atoms with Crippen molar-refractivity contribution >= 4 is 61.8 Å². The molecule has 3 aromatic rings. The number of fused-ring (bicyclic) bond motifs is 1. The van der Waals surface area contributed by atoms with Crippen LogP contribution in [-0.2, 0) is 11.3 Å². The van der Waals surface area contributed by atoms with Gasteiger partial charge in [0.05, 0.1) is 16.7 Å². The van der Waals surface area contributed by atoms with Crippen molar-refractivity contribution in [2.75, 3.05) is 11.1 Å². The van der Waals surface area contributed by atoms with Crippen LogP contribution in [0, 0.1) is 6.92 Å². The summed E-state index contributed by atoms with van der Waals surface area (Å²) in [4.78, 5) is 29.6. The number of amides is 1. The standard InChI is InChI=1S/C19H17BrClN3O2S/c1-3-24-18(26)13-9-12(20)7-8-16(13)23-19(24)27-10-17(25)22-15-6-4-5-14(21)11(15)2/h4-9H,3,10H2,1-2H3,(H,22,25). The van der Waals surface area contributed by atoms with Gasteiger partial charge in [-0.05, 0) is 49.7 Å². The van der Waals surface area contributed by atoms with Crippen molar-refractivity contribution < 1.29 is 4.79 Å². The maximum Gasteiger partial charge on any atom is 0.262 e. The lowest BCUT2D eigenvalue weighted by Gasteiger charge is -2.12. The Morgan fingerprint density at radius 3 is 2.85 bits per heavy atom. The third-order valence-electron chi connectivity index (χ3n) is 4.07. The Bertz CT molecular complexity index is 1080. The molecule has 0 atom stereocenters. The number of anilines is 1. The summed E-state index contributed by atoms with van der Waals surface area (Å²) >= 11 is 10.7. The second kappa shape index (κ2) is 8.46. The van der Waals surface area contributed by atoms with Gasteiger partial charge in [-0.15, -0.1) is 0 Å². The minimum atomic E-state index is -0.182. The number of thioether (sulfide) groups is 1. The van der Waals surface area contributed by atoms with E-state index in [4.69, 9.17) is 11.6 Å². The Labute approximate surface area is 174 Å². The van der Waals surface area contributed by atoms with Gasteiger partial charge in [-0.3, -0.25) is 14.2 Å². The van der Waals surface area contributed by atoms with Crippen LogP contribution in [0.15, 0.2) is 50.8 Å². The predicted octanol–water partition coefficient (Wildman–Crippen LogP) is 4.87. The first kappa shape index (κ1) is 19.9. The second-order valence-electron chi connectivity index (χ2n) is 5.85. The third-order valence-corrected chi connectivity index (χ3v) is 5.95. The Hall–Kier alpha value is -1.83. The molecule has 0 saturated heterocycles. The van der Waals surface area contributed by atoms with E-state index >= 15 is 0 Å². The van der Waals surface area contributed by atoms with Crippen LogP contribution in [0.25, 0.3) is 10.9 Å². The molecule has 2 aromatic carbocycles. The highest BCUT2D eigenvalue weighted by Gasteiger charge is 2.13. The molecule has 0 aliphatic heterocycles. The van der Waals surface area contributed by atoms with Crippen LogP contribution < -0.4 is 10.9 Å². The maximum absolute atomic E-state index is 12.7. The van der Waals surface area contributed by atoms with E-state index in [-0.39, 0.29) is 17.2 Å². The lowest BCUT2D eigenvalue weighted by Crippen LogP contribution is -2.23. The predicted molar refractivity (Wildman–Crippen MR) is 115 cm³/mol. The average molecular weight is 467 g/mol. The summed E-state index contributed by atoms with van der Waals surface area (Å²) in [6.45, 7) is 4.21. The fraction of sp³-hybridized carbons (Fsp3) is 0.211. The molecular weight excluding hydrogens is 450 g/mol. The molecule has 0 aliphatic carbocycles. The first-order valence-corrected chi connectivity index (χ1v) is 10.4. The molecule has 8 heteroatoms. The summed E-state index contributed by atoms with van der Waals surface area (Å²) in [6.07, 6.45) is 0. The van der Waals surface area contributed by atoms with Gasteiger partial charge in [0, 0.05) is 21.7 Å². The van der Waals surface area contributed by atoms with E-state index in [9.17, 15) is 9.59 Å². The fourth-order valence-electron chi connectivity index (χ4n) is 2.62. The van der Waals surface area contributed by atoms with Crippen LogP contribution in [-0.4, -0.2) is 21.2 Å². The zero-order valence-electron chi connectivity index (χ0n) is 14.8. The number of benzene rings is 2. The highest BCUT2D eigenvalue weighted by atomic mass is 79.9. The van der Waals surface area contributed by atoms with E-state index in [1.165, 1.54) is 11.8 Å². The largest absolute Gasteiger partial charge is 0.325 e. The van der Waals surface area contributed by atoms with Crippen molar-refractivity contribution in [3.05, 3.63) is 61.8 Å². The molecule has 0 saturated carbocycles. The number of hydrogen-bond acceptors (Lipinski definition) is 4. The van der Waals surface area contributed by atoms with Gasteiger partial charge >= 0.3 is 0 Å². The van der Waals surface area contributed by atoms with Crippen LogP contribution in [0.4, 0.5) is 5.69 Å². The molecule has 0 spiro atoms. The van der Waals surface area contributed by atoms with Gasteiger partial charge < -0.3 is 5.32 Å². The third kappa shape index (κ3) is 4.36. The van der Waals surface area contributed by atoms with Gasteiger partial charge in [-0.25, -0.2) is 4.98 Å². The molecule has 27 heavy (non-hydrogen) atoms. The zero-order valence-corrected chi connectivity index (χ0v) is 17.9. The number of nitrogens with one attached hydrogen (secondary N) is 1. The topological polar surface area (TPSA) is 64.0 Å². The fourth-order valence-corrected chi connectivity index (χ4v) is 4.02. The molecule has 0 bridgehead atoms. The number of halogens is 2. The normalized spacial score (nSPS) is 11.0. The Kier molecular flexibility index (Phi) is 6.24. The van der Waals surface area contributed by atoms with Crippen molar-refractivity contribution in [3.63, 3.8) is 0 Å². The van der Waals surface area contributed by atoms with Gasteiger partial charge in [0.2, 0.25) is 5.91 Å². The summed E-state index contributed by atoms with van der Waals surface area (Å²) in [6, 6.07) is 10.8. The lowest BCUT2D eigenvalue weighted by molar-refractivity contribution is -0.113. The number of hydrogen-bond donors (Lipinski definition) is 1. The van der Waals surface area contributed by atoms with Crippen LogP contribution in [0.5, 0.6) is 0 Å². The Morgan fingerprint density at radius 2 is 2.11 bits per heavy atom. The van der Waals surface area contributed by atoms with Crippen LogP contribution >= 0.6 is 39.3 Å². The summed E-state index contributed by atoms with van der Waals surface area (Å²) in [5.41, 5.74) is 1.99. The highest BCUT2D eigenvalue weighted by Crippen LogP contribution is 2.24. The van der Waals surface area contributed by atoms with E-state index in [1.807, 2.05) is 19.9 Å². The van der Waals surface area contributed by atoms with Crippen molar-refractivity contribution in [3.8, 4) is 0 Å². The van der Waals surface area contributed by atoms with Gasteiger partial charge in [0.15, 0.2) is 5.16 Å². The highest BCUT2D eigenvalue weighted by molar-refractivity contribution is 9.10. The van der Waals surface area contributed by atoms with Crippen molar-refractivity contribution in [1.29, 1.82) is 0 Å². The molecular formula is C19H17BrClN3O2S. The molecule has 1 amide bonds. The lowest BCUT2D eigenvalue weighted by atomic mass is 10.2. The maximum atomic E-state index is 12.7. The monoisotopic (exact) mass is 465 g/mol. The minimum absolute atomic E-state index is 0.114. The smallest absolute Gasteiger partial charge is 0.262 e. The molecule has 3 rings (SSSR count). The first-order valence-electron chi connectivity index (χ1n) is 8.28. The van der Waals surface area contributed by atoms with Crippen LogP contribution in [0.1, 0.15) is 12.5 Å². The molecule has 1 N–H and O–H groups in total. The Morgan fingerprint density at radius 1 is 1.33 bits per heavy atom. The molecule has 0 fully saturated rings. The summed E-state index contributed by atoms with van der Waals surface area (Å²) in [5, 5.41) is 4.53. The molecule has 1 heterocycles. The SMILES string of the molecule is CCn1c(SCC(=O)Nc2cccc(Cl)c2C)nc2ccc(Br)cc2c1=O. The summed E-state index contributed by atoms with van der Waals surface area (Å²) < 4.78 is 2.41. The average Bonchev–Trinajstić information content (AvgIpc) is 2.64. The molecule has 0 unspecified atom stereocenters. The quantitative estimate of drug-likeness (QED) is 0.430. The number of aromatic nitrogens is 2.